The quantitative estimate of drug-likeness (QED) is 0.371. The number of aromatic nitrogens is 4. The molecule has 0 spiro atoms. The summed E-state index contributed by atoms with van der Waals surface area (Å²) in [4.78, 5) is 39.9. The molecule has 2 N–H and O–H groups in total. The van der Waals surface area contributed by atoms with E-state index in [9.17, 15) is 9.59 Å². The summed E-state index contributed by atoms with van der Waals surface area (Å²) in [6.07, 6.45) is 0. The van der Waals surface area contributed by atoms with Crippen molar-refractivity contribution < 1.29 is 0 Å². The smallest absolute Gasteiger partial charge is 0.316 e. The van der Waals surface area contributed by atoms with E-state index in [0.717, 1.165) is 65.4 Å². The first kappa shape index (κ1) is 23.2. The molecule has 8 heteroatoms. The van der Waals surface area contributed by atoms with Gasteiger partial charge >= 0.3 is 11.1 Å². The molecule has 0 aliphatic carbocycles. The predicted molar refractivity (Wildman–Crippen MR) is 148 cm³/mol. The molecule has 0 saturated carbocycles. The Morgan fingerprint density at radius 2 is 1.78 bits per heavy atom. The van der Waals surface area contributed by atoms with Crippen molar-refractivity contribution in [3.05, 3.63) is 92.5 Å². The number of rotatable bonds is 4. The van der Waals surface area contributed by atoms with E-state index < -0.39 is 11.1 Å². The van der Waals surface area contributed by atoms with E-state index >= 15 is 0 Å². The van der Waals surface area contributed by atoms with Crippen LogP contribution < -0.4 is 16.0 Å². The molecular weight excluding hydrogens is 464 g/mol. The number of nitrogens with zero attached hydrogens (tertiary/aromatic N) is 4. The molecule has 188 valence electrons. The summed E-state index contributed by atoms with van der Waals surface area (Å²) >= 11 is 0. The van der Waals surface area contributed by atoms with Gasteiger partial charge in [0.2, 0.25) is 0 Å². The second kappa shape index (κ2) is 9.05. The molecule has 0 bridgehead atoms. The molecule has 5 aromatic rings. The monoisotopic (exact) mass is 494 g/mol. The number of aryl methyl sites for hydroxylation is 2. The van der Waals surface area contributed by atoms with Gasteiger partial charge in [0.05, 0.1) is 22.2 Å². The summed E-state index contributed by atoms with van der Waals surface area (Å²) in [6.45, 7) is 7.83. The molecule has 0 radical (unpaired) electrons. The molecule has 37 heavy (non-hydrogen) atoms. The largest absolute Gasteiger partial charge is 0.367 e. The topological polar surface area (TPSA) is 90.0 Å². The summed E-state index contributed by atoms with van der Waals surface area (Å²) in [5.74, 6) is 0.890. The van der Waals surface area contributed by atoms with Gasteiger partial charge in [0.1, 0.15) is 11.3 Å². The van der Waals surface area contributed by atoms with E-state index in [-0.39, 0.29) is 0 Å². The van der Waals surface area contributed by atoms with Crippen LogP contribution in [0.1, 0.15) is 18.1 Å². The van der Waals surface area contributed by atoms with Crippen LogP contribution in [0.2, 0.25) is 0 Å². The zero-order chi connectivity index (χ0) is 25.7. The number of benzene rings is 3. The summed E-state index contributed by atoms with van der Waals surface area (Å²) < 4.78 is 1.43. The van der Waals surface area contributed by atoms with E-state index in [2.05, 4.69) is 76.1 Å². The summed E-state index contributed by atoms with van der Waals surface area (Å²) in [7, 11) is 1.64. The number of nitrogens with one attached hydrogen (secondary N) is 2. The Balaban J connectivity index is 1.22. The number of hydrogen-bond acceptors (Lipinski definition) is 5. The fourth-order valence-corrected chi connectivity index (χ4v) is 5.30. The molecule has 8 nitrogen and oxygen atoms in total. The predicted octanol–water partition coefficient (Wildman–Crippen LogP) is 3.79. The van der Waals surface area contributed by atoms with Gasteiger partial charge in [-0.15, -0.1) is 0 Å². The Kier molecular flexibility index (Phi) is 5.68. The number of para-hydroxylation sites is 1. The molecule has 1 aliphatic heterocycles. The van der Waals surface area contributed by atoms with Gasteiger partial charge in [-0.2, -0.15) is 0 Å². The molecule has 3 aromatic carbocycles. The third-order valence-electron chi connectivity index (χ3n) is 7.48. The van der Waals surface area contributed by atoms with E-state index in [1.807, 2.05) is 18.2 Å². The number of piperazine rings is 1. The van der Waals surface area contributed by atoms with Gasteiger partial charge in [0.25, 0.3) is 0 Å². The molecule has 6 rings (SSSR count). The van der Waals surface area contributed by atoms with Crippen LogP contribution >= 0.6 is 0 Å². The number of hydrogen-bond donors (Lipinski definition) is 2. The van der Waals surface area contributed by atoms with Crippen molar-refractivity contribution in [3.63, 3.8) is 0 Å². The van der Waals surface area contributed by atoms with Gasteiger partial charge in [-0.25, -0.2) is 4.98 Å². The van der Waals surface area contributed by atoms with Crippen molar-refractivity contribution in [3.8, 4) is 11.4 Å². The molecule has 0 amide bonds. The molecule has 1 atom stereocenters. The number of aromatic amines is 2. The van der Waals surface area contributed by atoms with E-state index in [1.165, 1.54) is 10.1 Å². The summed E-state index contributed by atoms with van der Waals surface area (Å²) in [5, 5.41) is 0. The average Bonchev–Trinajstić information content (AvgIpc) is 3.34. The fraction of sp³-hybridized carbons (Fsp3) is 0.276. The fourth-order valence-electron chi connectivity index (χ4n) is 5.30. The highest BCUT2D eigenvalue weighted by atomic mass is 16.2. The maximum absolute atomic E-state index is 12.1. The van der Waals surface area contributed by atoms with Crippen molar-refractivity contribution in [1.82, 2.24) is 24.4 Å². The SMILES string of the molecule is Cc1ccc(-c2nc3c(N4CCN(Cc5ccc6[nH]c(=O)c(=O)n(C)c6c5)C(C)C4)cccc3[nH]2)cc1. The second-order valence-electron chi connectivity index (χ2n) is 10.1. The zero-order valence-electron chi connectivity index (χ0n) is 21.3. The maximum atomic E-state index is 12.1. The Labute approximate surface area is 214 Å². The minimum absolute atomic E-state index is 0.328. The summed E-state index contributed by atoms with van der Waals surface area (Å²) in [6, 6.07) is 21.0. The van der Waals surface area contributed by atoms with Crippen molar-refractivity contribution in [2.24, 2.45) is 7.05 Å². The Bertz CT molecular complexity index is 1730. The standard InChI is InChI=1S/C29H30N6O2/c1-18-7-10-21(11-8-18)27-30-23-5-4-6-24(26(23)32-27)35-14-13-34(19(2)16-35)17-20-9-12-22-25(15-20)33(3)29(37)28(36)31-22/h4-12,15,19H,13-14,16-17H2,1-3H3,(H,30,32)(H,31,36). The van der Waals surface area contributed by atoms with Crippen LogP contribution in [-0.2, 0) is 13.6 Å². The van der Waals surface area contributed by atoms with E-state index in [1.54, 1.807) is 7.05 Å². The number of H-pyrrole nitrogens is 2. The third kappa shape index (κ3) is 4.23. The average molecular weight is 495 g/mol. The van der Waals surface area contributed by atoms with Crippen LogP contribution in [0.3, 0.4) is 0 Å². The molecule has 1 unspecified atom stereocenters. The van der Waals surface area contributed by atoms with Crippen LogP contribution in [0.5, 0.6) is 0 Å². The highest BCUT2D eigenvalue weighted by molar-refractivity contribution is 5.91. The number of anilines is 1. The lowest BCUT2D eigenvalue weighted by molar-refractivity contribution is 0.181. The van der Waals surface area contributed by atoms with Crippen molar-refractivity contribution >= 4 is 27.8 Å². The minimum atomic E-state index is -0.592. The van der Waals surface area contributed by atoms with E-state index in [4.69, 9.17) is 4.98 Å². The normalized spacial score (nSPS) is 16.6. The van der Waals surface area contributed by atoms with Gasteiger partial charge in [0.15, 0.2) is 0 Å². The summed E-state index contributed by atoms with van der Waals surface area (Å²) in [5.41, 5.74) is 6.92. The minimum Gasteiger partial charge on any atom is -0.367 e. The van der Waals surface area contributed by atoms with Crippen LogP contribution in [0.15, 0.2) is 70.3 Å². The number of fused-ring (bicyclic) bond motifs is 2. The molecule has 1 saturated heterocycles. The van der Waals surface area contributed by atoms with Gasteiger partial charge in [-0.1, -0.05) is 42.0 Å². The molecule has 3 heterocycles. The van der Waals surface area contributed by atoms with E-state index in [0.29, 0.717) is 11.6 Å². The first-order valence-corrected chi connectivity index (χ1v) is 12.6. The highest BCUT2D eigenvalue weighted by Gasteiger charge is 2.26. The molecule has 1 fully saturated rings. The van der Waals surface area contributed by atoms with Crippen LogP contribution in [0.25, 0.3) is 33.5 Å². The number of imidazole rings is 1. The van der Waals surface area contributed by atoms with Crippen LogP contribution in [0, 0.1) is 6.92 Å². The molecular formula is C29H30N6O2. The first-order valence-electron chi connectivity index (χ1n) is 12.6. The lowest BCUT2D eigenvalue weighted by Gasteiger charge is -2.41. The van der Waals surface area contributed by atoms with Gasteiger partial charge in [0, 0.05) is 44.8 Å². The van der Waals surface area contributed by atoms with Crippen LogP contribution in [0.4, 0.5) is 5.69 Å². The Morgan fingerprint density at radius 1 is 0.973 bits per heavy atom. The van der Waals surface area contributed by atoms with Gasteiger partial charge in [-0.05, 0) is 43.7 Å². The Morgan fingerprint density at radius 3 is 2.57 bits per heavy atom. The highest BCUT2D eigenvalue weighted by Crippen LogP contribution is 2.30. The van der Waals surface area contributed by atoms with Crippen molar-refractivity contribution in [1.29, 1.82) is 0 Å². The first-order chi connectivity index (χ1) is 17.9. The zero-order valence-corrected chi connectivity index (χ0v) is 21.3. The van der Waals surface area contributed by atoms with Crippen molar-refractivity contribution in [2.45, 2.75) is 26.4 Å². The third-order valence-corrected chi connectivity index (χ3v) is 7.48. The molecule has 1 aliphatic rings. The second-order valence-corrected chi connectivity index (χ2v) is 10.1. The van der Waals surface area contributed by atoms with Crippen LogP contribution in [-0.4, -0.2) is 50.1 Å². The maximum Gasteiger partial charge on any atom is 0.316 e. The van der Waals surface area contributed by atoms with Crippen molar-refractivity contribution in [2.75, 3.05) is 24.5 Å². The lowest BCUT2D eigenvalue weighted by atomic mass is 10.1. The van der Waals surface area contributed by atoms with Gasteiger partial charge < -0.3 is 19.4 Å². The Hall–Kier alpha value is -4.17. The molecule has 2 aromatic heterocycles. The van der Waals surface area contributed by atoms with Gasteiger partial charge in [-0.3, -0.25) is 14.5 Å². The lowest BCUT2D eigenvalue weighted by Crippen LogP contribution is -2.51.